The number of hydrogen-bond donors (Lipinski definition) is 3. The van der Waals surface area contributed by atoms with Crippen molar-refractivity contribution in [1.29, 1.82) is 0 Å². The van der Waals surface area contributed by atoms with Crippen molar-refractivity contribution in [1.82, 2.24) is 5.32 Å². The van der Waals surface area contributed by atoms with Crippen LogP contribution in [0.3, 0.4) is 0 Å². The average Bonchev–Trinajstić information content (AvgIpc) is 3.00. The molecule has 0 aliphatic heterocycles. The lowest BCUT2D eigenvalue weighted by Crippen LogP contribution is -2.37. The number of nitrogens with one attached hydrogen (secondary N) is 2. The van der Waals surface area contributed by atoms with E-state index in [4.69, 9.17) is 5.11 Å². The van der Waals surface area contributed by atoms with E-state index in [0.717, 1.165) is 16.1 Å². The fourth-order valence-electron chi connectivity index (χ4n) is 2.12. The number of rotatable bonds is 6. The van der Waals surface area contributed by atoms with Crippen LogP contribution in [0.15, 0.2) is 41.8 Å². The van der Waals surface area contributed by atoms with Crippen molar-refractivity contribution >= 4 is 23.1 Å². The molecular weight excluding hydrogens is 296 g/mol. The van der Waals surface area contributed by atoms with Crippen LogP contribution in [0.5, 0.6) is 0 Å². The Kier molecular flexibility index (Phi) is 5.57. The number of amides is 2. The molecule has 2 aromatic rings. The summed E-state index contributed by atoms with van der Waals surface area (Å²) in [6, 6.07) is 11.6. The third-order valence-electron chi connectivity index (χ3n) is 3.48. The molecule has 5 heteroatoms. The molecule has 0 atom stereocenters. The number of aliphatic hydroxyl groups excluding tert-OH is 1. The number of thiophene rings is 1. The Morgan fingerprint density at radius 2 is 2.00 bits per heavy atom. The van der Waals surface area contributed by atoms with E-state index in [0.29, 0.717) is 13.0 Å². The lowest BCUT2D eigenvalue weighted by atomic mass is 9.90. The van der Waals surface area contributed by atoms with Gasteiger partial charge in [0.25, 0.3) is 0 Å². The third-order valence-corrected chi connectivity index (χ3v) is 4.38. The highest BCUT2D eigenvalue weighted by molar-refractivity contribution is 7.13. The van der Waals surface area contributed by atoms with Crippen molar-refractivity contribution in [3.8, 4) is 10.4 Å². The molecule has 0 aliphatic carbocycles. The van der Waals surface area contributed by atoms with Crippen LogP contribution in [-0.4, -0.2) is 24.3 Å². The smallest absolute Gasteiger partial charge is 0.319 e. The molecule has 4 nitrogen and oxygen atoms in total. The number of carbonyl (C=O) groups is 1. The summed E-state index contributed by atoms with van der Waals surface area (Å²) in [4.78, 5) is 13.2. The molecule has 3 N–H and O–H groups in total. The standard InChI is InChI=1S/C17H22N2O2S/c1-17(2,9-10-20)12-18-16(21)19-14-7-4-3-6-13(14)15-8-5-11-22-15/h3-8,11,20H,9-10,12H2,1-2H3,(H2,18,19,21). The minimum atomic E-state index is -0.227. The maximum atomic E-state index is 12.1. The van der Waals surface area contributed by atoms with E-state index in [1.165, 1.54) is 0 Å². The number of para-hydroxylation sites is 1. The van der Waals surface area contributed by atoms with Gasteiger partial charge in [-0.1, -0.05) is 38.1 Å². The van der Waals surface area contributed by atoms with E-state index in [9.17, 15) is 4.79 Å². The molecule has 0 aliphatic rings. The Bertz CT molecular complexity index is 609. The number of hydrogen-bond acceptors (Lipinski definition) is 3. The van der Waals surface area contributed by atoms with Gasteiger partial charge in [0.15, 0.2) is 0 Å². The van der Waals surface area contributed by atoms with Crippen molar-refractivity contribution in [2.24, 2.45) is 5.41 Å². The summed E-state index contributed by atoms with van der Waals surface area (Å²) in [7, 11) is 0. The van der Waals surface area contributed by atoms with E-state index >= 15 is 0 Å². The van der Waals surface area contributed by atoms with Gasteiger partial charge in [-0.05, 0) is 29.3 Å². The minimum Gasteiger partial charge on any atom is -0.396 e. The first kappa shape index (κ1) is 16.5. The van der Waals surface area contributed by atoms with E-state index < -0.39 is 0 Å². The van der Waals surface area contributed by atoms with E-state index in [-0.39, 0.29) is 18.1 Å². The molecule has 0 radical (unpaired) electrons. The van der Waals surface area contributed by atoms with Gasteiger partial charge in [0, 0.05) is 23.6 Å². The predicted molar refractivity (Wildman–Crippen MR) is 92.3 cm³/mol. The first-order chi connectivity index (χ1) is 10.5. The lowest BCUT2D eigenvalue weighted by molar-refractivity contribution is 0.204. The van der Waals surface area contributed by atoms with Gasteiger partial charge in [0.1, 0.15) is 0 Å². The maximum absolute atomic E-state index is 12.1. The van der Waals surface area contributed by atoms with Crippen molar-refractivity contribution in [3.05, 3.63) is 41.8 Å². The largest absolute Gasteiger partial charge is 0.396 e. The van der Waals surface area contributed by atoms with Crippen LogP contribution in [0.1, 0.15) is 20.3 Å². The monoisotopic (exact) mass is 318 g/mol. The average molecular weight is 318 g/mol. The molecule has 1 heterocycles. The molecule has 1 aromatic carbocycles. The molecule has 0 saturated heterocycles. The number of carbonyl (C=O) groups excluding carboxylic acids is 1. The number of urea groups is 1. The van der Waals surface area contributed by atoms with Crippen LogP contribution in [0.25, 0.3) is 10.4 Å². The Hall–Kier alpha value is -1.85. The van der Waals surface area contributed by atoms with E-state index in [2.05, 4.69) is 10.6 Å². The quantitative estimate of drug-likeness (QED) is 0.755. The summed E-state index contributed by atoms with van der Waals surface area (Å²) < 4.78 is 0. The zero-order valence-corrected chi connectivity index (χ0v) is 13.7. The maximum Gasteiger partial charge on any atom is 0.319 e. The molecule has 0 unspecified atom stereocenters. The second kappa shape index (κ2) is 7.42. The summed E-state index contributed by atoms with van der Waals surface area (Å²) in [5.74, 6) is 0. The summed E-state index contributed by atoms with van der Waals surface area (Å²) in [5, 5.41) is 16.8. The van der Waals surface area contributed by atoms with Crippen LogP contribution in [0, 0.1) is 5.41 Å². The van der Waals surface area contributed by atoms with Crippen LogP contribution >= 0.6 is 11.3 Å². The van der Waals surface area contributed by atoms with Crippen molar-refractivity contribution < 1.29 is 9.90 Å². The summed E-state index contributed by atoms with van der Waals surface area (Å²) in [6.07, 6.45) is 0.652. The molecule has 118 valence electrons. The van der Waals surface area contributed by atoms with Gasteiger partial charge >= 0.3 is 6.03 Å². The summed E-state index contributed by atoms with van der Waals surface area (Å²) >= 11 is 1.64. The highest BCUT2D eigenvalue weighted by Gasteiger charge is 2.18. The first-order valence-electron chi connectivity index (χ1n) is 7.30. The zero-order valence-electron chi connectivity index (χ0n) is 12.9. The minimum absolute atomic E-state index is 0.123. The topological polar surface area (TPSA) is 61.4 Å². The van der Waals surface area contributed by atoms with Gasteiger partial charge in [-0.25, -0.2) is 4.79 Å². The number of anilines is 1. The Balaban J connectivity index is 2.01. The Labute approximate surface area is 135 Å². The zero-order chi connectivity index (χ0) is 16.0. The fourth-order valence-corrected chi connectivity index (χ4v) is 2.88. The second-order valence-corrected chi connectivity index (χ2v) is 6.92. The second-order valence-electron chi connectivity index (χ2n) is 5.97. The van der Waals surface area contributed by atoms with Crippen molar-refractivity contribution in [2.45, 2.75) is 20.3 Å². The van der Waals surface area contributed by atoms with Crippen LogP contribution < -0.4 is 10.6 Å². The predicted octanol–water partition coefficient (Wildman–Crippen LogP) is 3.95. The van der Waals surface area contributed by atoms with Crippen LogP contribution in [-0.2, 0) is 0 Å². The Morgan fingerprint density at radius 3 is 2.68 bits per heavy atom. The summed E-state index contributed by atoms with van der Waals surface area (Å²) in [5.41, 5.74) is 1.68. The highest BCUT2D eigenvalue weighted by Crippen LogP contribution is 2.31. The van der Waals surface area contributed by atoms with Gasteiger partial charge in [0.05, 0.1) is 5.69 Å². The van der Waals surface area contributed by atoms with Crippen molar-refractivity contribution in [3.63, 3.8) is 0 Å². The highest BCUT2D eigenvalue weighted by atomic mass is 32.1. The van der Waals surface area contributed by atoms with Crippen molar-refractivity contribution in [2.75, 3.05) is 18.5 Å². The van der Waals surface area contributed by atoms with Gasteiger partial charge in [-0.2, -0.15) is 0 Å². The molecular formula is C17H22N2O2S. The molecule has 2 amide bonds. The molecule has 22 heavy (non-hydrogen) atoms. The fraction of sp³-hybridized carbons (Fsp3) is 0.353. The molecule has 2 rings (SSSR count). The number of aliphatic hydroxyl groups is 1. The molecule has 0 spiro atoms. The summed E-state index contributed by atoms with van der Waals surface area (Å²) in [6.45, 7) is 4.67. The number of benzene rings is 1. The Morgan fingerprint density at radius 1 is 1.23 bits per heavy atom. The van der Waals surface area contributed by atoms with Gasteiger partial charge < -0.3 is 15.7 Å². The molecule has 0 saturated carbocycles. The lowest BCUT2D eigenvalue weighted by Gasteiger charge is -2.24. The normalized spacial score (nSPS) is 11.2. The van der Waals surface area contributed by atoms with Gasteiger partial charge in [0.2, 0.25) is 0 Å². The molecule has 0 bridgehead atoms. The SMILES string of the molecule is CC(C)(CCO)CNC(=O)Nc1ccccc1-c1cccs1. The van der Waals surface area contributed by atoms with E-state index in [1.807, 2.05) is 55.6 Å². The van der Waals surface area contributed by atoms with Gasteiger partial charge in [-0.3, -0.25) is 0 Å². The first-order valence-corrected chi connectivity index (χ1v) is 8.18. The van der Waals surface area contributed by atoms with Crippen LogP contribution in [0.4, 0.5) is 10.5 Å². The van der Waals surface area contributed by atoms with Crippen LogP contribution in [0.2, 0.25) is 0 Å². The molecule has 0 fully saturated rings. The van der Waals surface area contributed by atoms with E-state index in [1.54, 1.807) is 11.3 Å². The molecule has 1 aromatic heterocycles. The van der Waals surface area contributed by atoms with Gasteiger partial charge in [-0.15, -0.1) is 11.3 Å². The third kappa shape index (κ3) is 4.58.